The summed E-state index contributed by atoms with van der Waals surface area (Å²) < 4.78 is 0. The number of benzene rings is 2. The molecule has 1 unspecified atom stereocenters. The van der Waals surface area contributed by atoms with Crippen molar-refractivity contribution in [1.29, 1.82) is 0 Å². The molecule has 7 nitrogen and oxygen atoms in total. The molecule has 5 rings (SSSR count). The Morgan fingerprint density at radius 3 is 2.63 bits per heavy atom. The number of piperidine rings is 1. The number of carbonyl (C=O) groups excluding carboxylic acids is 2. The van der Waals surface area contributed by atoms with Crippen LogP contribution in [0.2, 0.25) is 10.0 Å². The molecular weight excluding hydrogens is 485 g/mol. The second-order valence-corrected chi connectivity index (χ2v) is 10.7. The second kappa shape index (κ2) is 9.97. The van der Waals surface area contributed by atoms with Crippen LogP contribution in [-0.2, 0) is 16.8 Å². The predicted molar refractivity (Wildman–Crippen MR) is 139 cm³/mol. The van der Waals surface area contributed by atoms with Crippen LogP contribution in [0.25, 0.3) is 0 Å². The van der Waals surface area contributed by atoms with E-state index in [4.69, 9.17) is 23.2 Å². The Labute approximate surface area is 216 Å². The number of likely N-dealkylation sites (N-methyl/N-ethyl adjacent to an activating group) is 1. The third kappa shape index (κ3) is 4.87. The normalized spacial score (nSPS) is 25.3. The lowest BCUT2D eigenvalue weighted by Gasteiger charge is -2.45. The van der Waals surface area contributed by atoms with Gasteiger partial charge >= 0.3 is 6.03 Å². The smallest absolute Gasteiger partial charge is 0.317 e. The largest absolute Gasteiger partial charge is 0.334 e. The molecule has 0 bridgehead atoms. The number of urea groups is 1. The van der Waals surface area contributed by atoms with Gasteiger partial charge in [-0.05, 0) is 56.3 Å². The van der Waals surface area contributed by atoms with Crippen LogP contribution < -0.4 is 10.6 Å². The first kappa shape index (κ1) is 24.4. The molecule has 3 heterocycles. The van der Waals surface area contributed by atoms with E-state index in [9.17, 15) is 9.59 Å². The lowest BCUT2D eigenvalue weighted by molar-refractivity contribution is -0.129. The molecule has 2 aromatic rings. The van der Waals surface area contributed by atoms with Crippen LogP contribution in [0.1, 0.15) is 24.0 Å². The Morgan fingerprint density at radius 1 is 1.09 bits per heavy atom. The van der Waals surface area contributed by atoms with Gasteiger partial charge < -0.3 is 20.4 Å². The summed E-state index contributed by atoms with van der Waals surface area (Å²) in [6.45, 7) is 4.58. The summed E-state index contributed by atoms with van der Waals surface area (Å²) in [4.78, 5) is 33.1. The van der Waals surface area contributed by atoms with Crippen molar-refractivity contribution in [2.45, 2.75) is 30.8 Å². The van der Waals surface area contributed by atoms with Crippen molar-refractivity contribution in [3.63, 3.8) is 0 Å². The highest BCUT2D eigenvalue weighted by atomic mass is 35.5. The number of nitrogens with zero attached hydrogens (tertiary/aromatic N) is 3. The standard InChI is InChI=1S/C26H31Cl2N5O2/c1-31-10-12-32(13-11-31)25(35)29-21-6-3-9-33(17-21)26(16-18-4-2-5-19(27)14-18)22-8-7-20(28)15-23(22)30-24(26)34/h2,4-5,7-8,14-15,21H,3,6,9-13,16-17H2,1H3,(H,29,35)(H,30,34)/t21-,26?/m0/s1. The number of hydrogen-bond donors (Lipinski definition) is 2. The van der Waals surface area contributed by atoms with E-state index < -0.39 is 5.54 Å². The fourth-order valence-electron chi connectivity index (χ4n) is 5.59. The minimum Gasteiger partial charge on any atom is -0.334 e. The number of nitrogens with one attached hydrogen (secondary N) is 2. The van der Waals surface area contributed by atoms with E-state index in [2.05, 4.69) is 27.5 Å². The van der Waals surface area contributed by atoms with Gasteiger partial charge in [0.15, 0.2) is 0 Å². The molecule has 3 aliphatic heterocycles. The Hall–Kier alpha value is -2.32. The number of rotatable bonds is 4. The molecule has 2 fully saturated rings. The Morgan fingerprint density at radius 2 is 1.86 bits per heavy atom. The molecule has 2 N–H and O–H groups in total. The van der Waals surface area contributed by atoms with Gasteiger partial charge in [-0.25, -0.2) is 4.79 Å². The molecule has 0 radical (unpaired) electrons. The van der Waals surface area contributed by atoms with Crippen molar-refractivity contribution in [2.75, 3.05) is 51.6 Å². The van der Waals surface area contributed by atoms with E-state index >= 15 is 0 Å². The van der Waals surface area contributed by atoms with Gasteiger partial charge in [0.05, 0.1) is 0 Å². The fourth-order valence-corrected chi connectivity index (χ4v) is 5.97. The molecule has 0 spiro atoms. The molecular formula is C26H31Cl2N5O2. The van der Waals surface area contributed by atoms with Gasteiger partial charge in [-0.1, -0.05) is 41.4 Å². The average molecular weight is 516 g/mol. The molecule has 2 atom stereocenters. The van der Waals surface area contributed by atoms with Crippen LogP contribution in [0.3, 0.4) is 0 Å². The Bertz CT molecular complexity index is 1120. The highest BCUT2D eigenvalue weighted by Gasteiger charge is 2.52. The van der Waals surface area contributed by atoms with Crippen LogP contribution in [-0.4, -0.2) is 79.0 Å². The second-order valence-electron chi connectivity index (χ2n) is 9.84. The molecule has 2 saturated heterocycles. The monoisotopic (exact) mass is 515 g/mol. The molecule has 186 valence electrons. The topological polar surface area (TPSA) is 67.9 Å². The number of piperazine rings is 1. The van der Waals surface area contributed by atoms with Crippen molar-refractivity contribution in [3.8, 4) is 0 Å². The van der Waals surface area contributed by atoms with Crippen molar-refractivity contribution >= 4 is 40.8 Å². The minimum absolute atomic E-state index is 0.0168. The van der Waals surface area contributed by atoms with E-state index in [0.29, 0.717) is 23.0 Å². The van der Waals surface area contributed by atoms with Crippen LogP contribution in [0.15, 0.2) is 42.5 Å². The van der Waals surface area contributed by atoms with Gasteiger partial charge in [-0.2, -0.15) is 0 Å². The van der Waals surface area contributed by atoms with Crippen molar-refractivity contribution in [3.05, 3.63) is 63.6 Å². The zero-order valence-electron chi connectivity index (χ0n) is 19.9. The zero-order valence-corrected chi connectivity index (χ0v) is 21.4. The highest BCUT2D eigenvalue weighted by molar-refractivity contribution is 6.31. The number of amides is 3. The van der Waals surface area contributed by atoms with E-state index in [1.165, 1.54) is 0 Å². The predicted octanol–water partition coefficient (Wildman–Crippen LogP) is 3.80. The number of likely N-dealkylation sites (tertiary alicyclic amines) is 1. The van der Waals surface area contributed by atoms with Crippen molar-refractivity contribution in [2.24, 2.45) is 0 Å². The lowest BCUT2D eigenvalue weighted by Crippen LogP contribution is -2.60. The first-order valence-corrected chi connectivity index (χ1v) is 13.0. The summed E-state index contributed by atoms with van der Waals surface area (Å²) in [5, 5.41) is 7.55. The van der Waals surface area contributed by atoms with Gasteiger partial charge in [-0.15, -0.1) is 0 Å². The quantitative estimate of drug-likeness (QED) is 0.649. The summed E-state index contributed by atoms with van der Waals surface area (Å²) in [6, 6.07) is 13.2. The summed E-state index contributed by atoms with van der Waals surface area (Å²) in [5.41, 5.74) is 1.74. The van der Waals surface area contributed by atoms with Crippen LogP contribution in [0.4, 0.5) is 10.5 Å². The van der Waals surface area contributed by atoms with Crippen LogP contribution in [0.5, 0.6) is 0 Å². The first-order valence-electron chi connectivity index (χ1n) is 12.2. The van der Waals surface area contributed by atoms with E-state index in [1.54, 1.807) is 0 Å². The lowest BCUT2D eigenvalue weighted by atomic mass is 9.81. The third-order valence-corrected chi connectivity index (χ3v) is 7.95. The molecule has 9 heteroatoms. The van der Waals surface area contributed by atoms with Gasteiger partial charge in [0, 0.05) is 66.5 Å². The molecule has 3 amide bonds. The summed E-state index contributed by atoms with van der Waals surface area (Å²) in [5.74, 6) is -0.0687. The van der Waals surface area contributed by atoms with Crippen molar-refractivity contribution < 1.29 is 9.59 Å². The number of halogens is 2. The number of carbonyl (C=O) groups is 2. The van der Waals surface area contributed by atoms with E-state index in [0.717, 1.165) is 62.4 Å². The maximum atomic E-state index is 13.7. The highest BCUT2D eigenvalue weighted by Crippen LogP contribution is 2.45. The van der Waals surface area contributed by atoms with Gasteiger partial charge in [0.1, 0.15) is 5.54 Å². The zero-order chi connectivity index (χ0) is 24.6. The number of hydrogen-bond acceptors (Lipinski definition) is 4. The van der Waals surface area contributed by atoms with Crippen molar-refractivity contribution in [1.82, 2.24) is 20.0 Å². The summed E-state index contributed by atoms with van der Waals surface area (Å²) in [6.07, 6.45) is 2.26. The maximum Gasteiger partial charge on any atom is 0.317 e. The van der Waals surface area contributed by atoms with Crippen LogP contribution in [0, 0.1) is 0 Å². The number of fused-ring (bicyclic) bond motifs is 1. The summed E-state index contributed by atoms with van der Waals surface area (Å²) >= 11 is 12.6. The SMILES string of the molecule is CN1CCN(C(=O)N[C@H]2CCCN(C3(Cc4cccc(Cl)c4)C(=O)Nc4cc(Cl)ccc43)C2)CC1. The molecule has 0 aromatic heterocycles. The third-order valence-electron chi connectivity index (χ3n) is 7.48. The first-order chi connectivity index (χ1) is 16.8. The number of anilines is 1. The van der Waals surface area contributed by atoms with Gasteiger partial charge in [-0.3, -0.25) is 9.69 Å². The Kier molecular flexibility index (Phi) is 6.95. The van der Waals surface area contributed by atoms with E-state index in [-0.39, 0.29) is 18.0 Å². The van der Waals surface area contributed by atoms with Gasteiger partial charge in [0.2, 0.25) is 5.91 Å². The summed E-state index contributed by atoms with van der Waals surface area (Å²) in [7, 11) is 2.07. The van der Waals surface area contributed by atoms with E-state index in [1.807, 2.05) is 47.4 Å². The maximum absolute atomic E-state index is 13.7. The van der Waals surface area contributed by atoms with Gasteiger partial charge in [0.25, 0.3) is 0 Å². The Balaban J connectivity index is 1.42. The molecule has 3 aliphatic rings. The minimum atomic E-state index is -0.901. The molecule has 35 heavy (non-hydrogen) atoms. The molecule has 2 aromatic carbocycles. The fraction of sp³-hybridized carbons (Fsp3) is 0.462. The average Bonchev–Trinajstić information content (AvgIpc) is 3.10. The molecule has 0 aliphatic carbocycles. The molecule has 0 saturated carbocycles. The van der Waals surface area contributed by atoms with Crippen LogP contribution >= 0.6 is 23.2 Å².